The third-order valence-corrected chi connectivity index (χ3v) is 4.33. The second-order valence-corrected chi connectivity index (χ2v) is 6.17. The lowest BCUT2D eigenvalue weighted by molar-refractivity contribution is 0.161. The zero-order chi connectivity index (χ0) is 14.7. The van der Waals surface area contributed by atoms with Crippen molar-refractivity contribution in [3.63, 3.8) is 0 Å². The number of aromatic nitrogens is 3. The van der Waals surface area contributed by atoms with Gasteiger partial charge in [-0.05, 0) is 50.8 Å². The summed E-state index contributed by atoms with van der Waals surface area (Å²) >= 11 is 0. The Morgan fingerprint density at radius 1 is 1.33 bits per heavy atom. The number of piperidine rings is 1. The molecule has 4 nitrogen and oxygen atoms in total. The predicted octanol–water partition coefficient (Wildman–Crippen LogP) is 2.58. The van der Waals surface area contributed by atoms with Gasteiger partial charge in [0.05, 0.1) is 6.54 Å². The SMILES string of the molecule is Cc1cccc(C[C@@H]2CCCN(Cc3nccn3C)C2)n1. The number of pyridine rings is 1. The molecule has 1 atom stereocenters. The second kappa shape index (κ2) is 6.39. The van der Waals surface area contributed by atoms with Crippen LogP contribution in [0.2, 0.25) is 0 Å². The maximum atomic E-state index is 4.65. The van der Waals surface area contributed by atoms with E-state index in [1.807, 2.05) is 12.4 Å². The molecule has 2 aromatic heterocycles. The van der Waals surface area contributed by atoms with Gasteiger partial charge >= 0.3 is 0 Å². The van der Waals surface area contributed by atoms with Crippen LogP contribution < -0.4 is 0 Å². The van der Waals surface area contributed by atoms with Crippen LogP contribution in [-0.2, 0) is 20.0 Å². The number of hydrogen-bond acceptors (Lipinski definition) is 3. The molecule has 4 heteroatoms. The normalized spacial score (nSPS) is 19.8. The van der Waals surface area contributed by atoms with Gasteiger partial charge in [-0.1, -0.05) is 6.07 Å². The molecule has 0 unspecified atom stereocenters. The van der Waals surface area contributed by atoms with Crippen molar-refractivity contribution in [2.75, 3.05) is 13.1 Å². The number of nitrogens with zero attached hydrogens (tertiary/aromatic N) is 4. The summed E-state index contributed by atoms with van der Waals surface area (Å²) in [6.45, 7) is 5.37. The number of rotatable bonds is 4. The van der Waals surface area contributed by atoms with Crippen molar-refractivity contribution in [2.45, 2.75) is 32.7 Å². The second-order valence-electron chi connectivity index (χ2n) is 6.17. The Kier molecular flexibility index (Phi) is 4.34. The van der Waals surface area contributed by atoms with Crippen molar-refractivity contribution in [2.24, 2.45) is 13.0 Å². The monoisotopic (exact) mass is 284 g/mol. The fourth-order valence-electron chi connectivity index (χ4n) is 3.22. The van der Waals surface area contributed by atoms with Crippen molar-refractivity contribution in [3.05, 3.63) is 47.8 Å². The predicted molar refractivity (Wildman–Crippen MR) is 83.9 cm³/mol. The highest BCUT2D eigenvalue weighted by atomic mass is 15.2. The van der Waals surface area contributed by atoms with E-state index in [9.17, 15) is 0 Å². The molecule has 2 aromatic rings. The van der Waals surface area contributed by atoms with E-state index in [4.69, 9.17) is 0 Å². The number of aryl methyl sites for hydroxylation is 2. The maximum absolute atomic E-state index is 4.65. The average Bonchev–Trinajstić information content (AvgIpc) is 2.85. The van der Waals surface area contributed by atoms with Gasteiger partial charge in [-0.2, -0.15) is 0 Å². The van der Waals surface area contributed by atoms with Gasteiger partial charge in [-0.3, -0.25) is 9.88 Å². The van der Waals surface area contributed by atoms with Gasteiger partial charge in [-0.15, -0.1) is 0 Å². The molecule has 0 aliphatic carbocycles. The van der Waals surface area contributed by atoms with Gasteiger partial charge in [-0.25, -0.2) is 4.98 Å². The molecule has 0 aromatic carbocycles. The van der Waals surface area contributed by atoms with Crippen LogP contribution in [0, 0.1) is 12.8 Å². The van der Waals surface area contributed by atoms with Crippen LogP contribution >= 0.6 is 0 Å². The first kappa shape index (κ1) is 14.3. The van der Waals surface area contributed by atoms with Gasteiger partial charge in [0.25, 0.3) is 0 Å². The van der Waals surface area contributed by atoms with E-state index in [0.717, 1.165) is 31.0 Å². The average molecular weight is 284 g/mol. The van der Waals surface area contributed by atoms with Crippen LogP contribution in [0.4, 0.5) is 0 Å². The Bertz CT molecular complexity index is 590. The number of imidazole rings is 1. The van der Waals surface area contributed by atoms with E-state index in [1.54, 1.807) is 0 Å². The quantitative estimate of drug-likeness (QED) is 0.865. The van der Waals surface area contributed by atoms with Gasteiger partial charge < -0.3 is 4.57 Å². The largest absolute Gasteiger partial charge is 0.337 e. The summed E-state index contributed by atoms with van der Waals surface area (Å²) in [4.78, 5) is 11.6. The smallest absolute Gasteiger partial charge is 0.122 e. The Hall–Kier alpha value is -1.68. The molecule has 1 aliphatic heterocycles. The molecular formula is C17H24N4. The Morgan fingerprint density at radius 3 is 3.00 bits per heavy atom. The van der Waals surface area contributed by atoms with Gasteiger partial charge in [0.2, 0.25) is 0 Å². The lowest BCUT2D eigenvalue weighted by atomic mass is 9.93. The maximum Gasteiger partial charge on any atom is 0.122 e. The van der Waals surface area contributed by atoms with Crippen LogP contribution in [0.3, 0.4) is 0 Å². The lowest BCUT2D eigenvalue weighted by Gasteiger charge is -2.32. The third kappa shape index (κ3) is 3.70. The summed E-state index contributed by atoms with van der Waals surface area (Å²) < 4.78 is 2.12. The van der Waals surface area contributed by atoms with E-state index < -0.39 is 0 Å². The zero-order valence-corrected chi connectivity index (χ0v) is 13.0. The summed E-state index contributed by atoms with van der Waals surface area (Å²) in [7, 11) is 2.07. The summed E-state index contributed by atoms with van der Waals surface area (Å²) in [5.74, 6) is 1.87. The minimum absolute atomic E-state index is 0.716. The van der Waals surface area contributed by atoms with Crippen LogP contribution in [0.15, 0.2) is 30.6 Å². The molecule has 3 rings (SSSR count). The summed E-state index contributed by atoms with van der Waals surface area (Å²) in [6.07, 6.45) is 7.59. The molecule has 0 spiro atoms. The van der Waals surface area contributed by atoms with Crippen molar-refractivity contribution in [1.82, 2.24) is 19.4 Å². The van der Waals surface area contributed by atoms with Crippen molar-refractivity contribution in [3.8, 4) is 0 Å². The summed E-state index contributed by atoms with van der Waals surface area (Å²) in [5, 5.41) is 0. The van der Waals surface area contributed by atoms with Crippen molar-refractivity contribution in [1.29, 1.82) is 0 Å². The third-order valence-electron chi connectivity index (χ3n) is 4.33. The van der Waals surface area contributed by atoms with Crippen molar-refractivity contribution >= 4 is 0 Å². The highest BCUT2D eigenvalue weighted by Gasteiger charge is 2.21. The molecule has 1 aliphatic rings. The van der Waals surface area contributed by atoms with Crippen LogP contribution in [0.25, 0.3) is 0 Å². The van der Waals surface area contributed by atoms with Gasteiger partial charge in [0.1, 0.15) is 5.82 Å². The molecule has 0 amide bonds. The molecule has 0 bridgehead atoms. The Morgan fingerprint density at radius 2 is 2.24 bits per heavy atom. The molecule has 21 heavy (non-hydrogen) atoms. The highest BCUT2D eigenvalue weighted by Crippen LogP contribution is 2.21. The molecule has 0 N–H and O–H groups in total. The van der Waals surface area contributed by atoms with Gasteiger partial charge in [0.15, 0.2) is 0 Å². The molecule has 1 saturated heterocycles. The first-order valence-corrected chi connectivity index (χ1v) is 7.82. The van der Waals surface area contributed by atoms with E-state index in [0.29, 0.717) is 5.92 Å². The first-order chi connectivity index (χ1) is 10.2. The van der Waals surface area contributed by atoms with Gasteiger partial charge in [0, 0.05) is 37.4 Å². The summed E-state index contributed by atoms with van der Waals surface area (Å²) in [6, 6.07) is 6.34. The van der Waals surface area contributed by atoms with E-state index in [-0.39, 0.29) is 0 Å². The van der Waals surface area contributed by atoms with E-state index in [2.05, 4.69) is 51.6 Å². The Balaban J connectivity index is 1.59. The van der Waals surface area contributed by atoms with Crippen LogP contribution in [0.5, 0.6) is 0 Å². The minimum Gasteiger partial charge on any atom is -0.337 e. The van der Waals surface area contributed by atoms with Crippen LogP contribution in [-0.4, -0.2) is 32.5 Å². The molecule has 112 valence electrons. The standard InChI is InChI=1S/C17H24N4/c1-14-5-3-7-16(19-14)11-15-6-4-9-21(12-15)13-17-18-8-10-20(17)2/h3,5,7-8,10,15H,4,6,9,11-13H2,1-2H3/t15-/m0/s1. The fourth-order valence-corrected chi connectivity index (χ4v) is 3.22. The fraction of sp³-hybridized carbons (Fsp3) is 0.529. The molecule has 0 saturated carbocycles. The van der Waals surface area contributed by atoms with E-state index in [1.165, 1.54) is 25.1 Å². The summed E-state index contributed by atoms with van der Waals surface area (Å²) in [5.41, 5.74) is 2.35. The zero-order valence-electron chi connectivity index (χ0n) is 13.0. The van der Waals surface area contributed by atoms with Crippen LogP contribution in [0.1, 0.15) is 30.1 Å². The highest BCUT2D eigenvalue weighted by molar-refractivity contribution is 5.10. The Labute approximate surface area is 126 Å². The number of likely N-dealkylation sites (tertiary alicyclic amines) is 1. The molecule has 3 heterocycles. The van der Waals surface area contributed by atoms with Crippen molar-refractivity contribution < 1.29 is 0 Å². The molecule has 1 fully saturated rings. The first-order valence-electron chi connectivity index (χ1n) is 7.82. The minimum atomic E-state index is 0.716. The molecule has 0 radical (unpaired) electrons. The lowest BCUT2D eigenvalue weighted by Crippen LogP contribution is -2.36. The topological polar surface area (TPSA) is 34.0 Å². The number of hydrogen-bond donors (Lipinski definition) is 0. The van der Waals surface area contributed by atoms with E-state index >= 15 is 0 Å². The molecular weight excluding hydrogens is 260 g/mol.